The van der Waals surface area contributed by atoms with Crippen LogP contribution >= 0.6 is 11.3 Å². The van der Waals surface area contributed by atoms with E-state index < -0.39 is 5.82 Å². The Hall–Kier alpha value is -3.07. The van der Waals surface area contributed by atoms with Gasteiger partial charge in [0.2, 0.25) is 17.7 Å². The number of benzene rings is 1. The fourth-order valence-electron chi connectivity index (χ4n) is 3.39. The minimum absolute atomic E-state index is 0.0576. The number of amides is 3. The molecule has 0 saturated heterocycles. The molecule has 164 valence electrons. The normalized spacial score (nSPS) is 14.0. The zero-order valence-electron chi connectivity index (χ0n) is 17.3. The zero-order valence-corrected chi connectivity index (χ0v) is 18.1. The fraction of sp³-hybridized carbons (Fsp3) is 0.364. The number of rotatable bonds is 8. The number of carbonyl (C=O) groups is 3. The van der Waals surface area contributed by atoms with Crippen LogP contribution < -0.4 is 15.5 Å². The van der Waals surface area contributed by atoms with Crippen molar-refractivity contribution in [3.63, 3.8) is 0 Å². The number of hydrogen-bond acceptors (Lipinski definition) is 5. The highest BCUT2D eigenvalue weighted by Crippen LogP contribution is 2.30. The Morgan fingerprint density at radius 3 is 2.71 bits per heavy atom. The molecule has 1 aromatic carbocycles. The first-order chi connectivity index (χ1) is 14.9. The molecule has 1 aromatic heterocycles. The quantitative estimate of drug-likeness (QED) is 0.609. The number of carbonyl (C=O) groups excluding carboxylic acids is 3. The second kappa shape index (κ2) is 10.8. The number of halogens is 1. The van der Waals surface area contributed by atoms with Gasteiger partial charge in [-0.1, -0.05) is 25.0 Å². The van der Waals surface area contributed by atoms with Gasteiger partial charge in [0.05, 0.1) is 11.4 Å². The van der Waals surface area contributed by atoms with Crippen molar-refractivity contribution in [1.29, 1.82) is 0 Å². The highest BCUT2D eigenvalue weighted by Gasteiger charge is 2.20. The maximum atomic E-state index is 14.1. The highest BCUT2D eigenvalue weighted by atomic mass is 32.1. The summed E-state index contributed by atoms with van der Waals surface area (Å²) in [6.07, 6.45) is 7.39. The number of aromatic nitrogens is 1. The van der Waals surface area contributed by atoms with Gasteiger partial charge in [0.1, 0.15) is 5.82 Å². The lowest BCUT2D eigenvalue weighted by molar-refractivity contribution is -0.122. The standard InChI is InChI=1S/C22H25FN4O3S/c1-15(28)27(19-9-5-4-8-18(19)23)22-26-17(14-31-22)10-11-20(29)24-13-12-21(30)25-16-6-2-3-7-16/h4-5,8-11,14,16H,2-3,6-7,12-13H2,1H3,(H,24,29)(H,25,30)/b11-10+. The Balaban J connectivity index is 1.52. The number of anilines is 2. The smallest absolute Gasteiger partial charge is 0.244 e. The van der Waals surface area contributed by atoms with E-state index in [1.807, 2.05) is 0 Å². The van der Waals surface area contributed by atoms with E-state index in [1.165, 1.54) is 47.4 Å². The van der Waals surface area contributed by atoms with Crippen molar-refractivity contribution in [2.45, 2.75) is 45.1 Å². The van der Waals surface area contributed by atoms with E-state index in [0.29, 0.717) is 10.8 Å². The number of nitrogens with one attached hydrogen (secondary N) is 2. The first-order valence-electron chi connectivity index (χ1n) is 10.2. The molecule has 0 radical (unpaired) electrons. The average Bonchev–Trinajstić information content (AvgIpc) is 3.40. The van der Waals surface area contributed by atoms with Crippen molar-refractivity contribution < 1.29 is 18.8 Å². The molecule has 0 spiro atoms. The Kier molecular flexibility index (Phi) is 7.88. The van der Waals surface area contributed by atoms with E-state index in [1.54, 1.807) is 17.5 Å². The van der Waals surface area contributed by atoms with Crippen molar-refractivity contribution in [2.24, 2.45) is 0 Å². The molecule has 3 amide bonds. The molecular weight excluding hydrogens is 419 g/mol. The first kappa shape index (κ1) is 22.6. The Bertz CT molecular complexity index is 969. The van der Waals surface area contributed by atoms with Gasteiger partial charge >= 0.3 is 0 Å². The number of nitrogens with zero attached hydrogens (tertiary/aromatic N) is 2. The van der Waals surface area contributed by atoms with Crippen LogP contribution in [0.3, 0.4) is 0 Å². The van der Waals surface area contributed by atoms with Gasteiger partial charge in [-0.3, -0.25) is 19.3 Å². The van der Waals surface area contributed by atoms with Gasteiger partial charge in [-0.25, -0.2) is 9.37 Å². The number of thiazole rings is 1. The topological polar surface area (TPSA) is 91.4 Å². The lowest BCUT2D eigenvalue weighted by Gasteiger charge is -2.18. The molecule has 31 heavy (non-hydrogen) atoms. The molecule has 1 heterocycles. The van der Waals surface area contributed by atoms with Crippen LogP contribution in [0, 0.1) is 5.82 Å². The molecule has 0 unspecified atom stereocenters. The lowest BCUT2D eigenvalue weighted by Crippen LogP contribution is -2.35. The zero-order chi connectivity index (χ0) is 22.2. The van der Waals surface area contributed by atoms with Gasteiger partial charge in [-0.15, -0.1) is 11.3 Å². The monoisotopic (exact) mass is 444 g/mol. The maximum Gasteiger partial charge on any atom is 0.244 e. The summed E-state index contributed by atoms with van der Waals surface area (Å²) < 4.78 is 14.1. The van der Waals surface area contributed by atoms with Gasteiger partial charge in [-0.2, -0.15) is 0 Å². The molecule has 0 aliphatic heterocycles. The molecule has 1 aliphatic carbocycles. The first-order valence-corrected chi connectivity index (χ1v) is 11.1. The molecule has 3 rings (SSSR count). The molecule has 2 N–H and O–H groups in total. The van der Waals surface area contributed by atoms with Crippen LogP contribution in [-0.2, 0) is 14.4 Å². The van der Waals surface area contributed by atoms with Crippen LogP contribution in [0.1, 0.15) is 44.7 Å². The van der Waals surface area contributed by atoms with Crippen LogP contribution in [0.5, 0.6) is 0 Å². The van der Waals surface area contributed by atoms with Gasteiger partial charge in [-0.05, 0) is 31.1 Å². The summed E-state index contributed by atoms with van der Waals surface area (Å²) >= 11 is 1.17. The van der Waals surface area contributed by atoms with E-state index in [2.05, 4.69) is 15.6 Å². The number of hydrogen-bond donors (Lipinski definition) is 2. The minimum Gasteiger partial charge on any atom is -0.353 e. The highest BCUT2D eigenvalue weighted by molar-refractivity contribution is 7.14. The van der Waals surface area contributed by atoms with Crippen molar-refractivity contribution in [3.05, 3.63) is 47.2 Å². The molecule has 1 fully saturated rings. The Labute approximate surface area is 184 Å². The fourth-order valence-corrected chi connectivity index (χ4v) is 4.23. The van der Waals surface area contributed by atoms with E-state index in [9.17, 15) is 18.8 Å². The molecule has 1 aliphatic rings. The molecule has 9 heteroatoms. The summed E-state index contributed by atoms with van der Waals surface area (Å²) in [6.45, 7) is 1.58. The third-order valence-electron chi connectivity index (χ3n) is 4.89. The van der Waals surface area contributed by atoms with Crippen molar-refractivity contribution in [2.75, 3.05) is 11.4 Å². The summed E-state index contributed by atoms with van der Waals surface area (Å²) in [4.78, 5) is 41.4. The third-order valence-corrected chi connectivity index (χ3v) is 5.73. The summed E-state index contributed by atoms with van der Waals surface area (Å²) in [6, 6.07) is 6.23. The van der Waals surface area contributed by atoms with E-state index in [-0.39, 0.29) is 42.4 Å². The molecular formula is C22H25FN4O3S. The second-order valence-electron chi connectivity index (χ2n) is 7.28. The van der Waals surface area contributed by atoms with Crippen LogP contribution in [0.25, 0.3) is 6.08 Å². The van der Waals surface area contributed by atoms with E-state index in [0.717, 1.165) is 25.7 Å². The van der Waals surface area contributed by atoms with Crippen molar-refractivity contribution >= 4 is 46.0 Å². The minimum atomic E-state index is -0.527. The molecule has 0 atom stereocenters. The van der Waals surface area contributed by atoms with E-state index in [4.69, 9.17) is 0 Å². The third kappa shape index (κ3) is 6.45. The molecule has 2 aromatic rings. The van der Waals surface area contributed by atoms with Crippen molar-refractivity contribution in [3.8, 4) is 0 Å². The van der Waals surface area contributed by atoms with Gasteiger partial charge in [0, 0.05) is 37.4 Å². The summed E-state index contributed by atoms with van der Waals surface area (Å²) in [5, 5.41) is 7.62. The summed E-state index contributed by atoms with van der Waals surface area (Å²) in [7, 11) is 0. The average molecular weight is 445 g/mol. The van der Waals surface area contributed by atoms with Crippen LogP contribution in [0.4, 0.5) is 15.2 Å². The van der Waals surface area contributed by atoms with Crippen LogP contribution in [0.15, 0.2) is 35.7 Å². The maximum absolute atomic E-state index is 14.1. The predicted molar refractivity (Wildman–Crippen MR) is 118 cm³/mol. The number of para-hydroxylation sites is 1. The van der Waals surface area contributed by atoms with Gasteiger partial charge < -0.3 is 10.6 Å². The molecule has 7 nitrogen and oxygen atoms in total. The van der Waals surface area contributed by atoms with Crippen LogP contribution in [-0.4, -0.2) is 35.3 Å². The summed E-state index contributed by atoms with van der Waals surface area (Å²) in [5.74, 6) is -1.30. The predicted octanol–water partition coefficient (Wildman–Crippen LogP) is 3.55. The Morgan fingerprint density at radius 1 is 1.26 bits per heavy atom. The summed E-state index contributed by atoms with van der Waals surface area (Å²) in [5.41, 5.74) is 0.588. The van der Waals surface area contributed by atoms with Crippen LogP contribution in [0.2, 0.25) is 0 Å². The Morgan fingerprint density at radius 2 is 2.00 bits per heavy atom. The SMILES string of the molecule is CC(=O)N(c1nc(/C=C/C(=O)NCCC(=O)NC2CCCC2)cs1)c1ccccc1F. The largest absolute Gasteiger partial charge is 0.353 e. The van der Waals surface area contributed by atoms with Crippen molar-refractivity contribution in [1.82, 2.24) is 15.6 Å². The lowest BCUT2D eigenvalue weighted by atomic mass is 10.2. The van der Waals surface area contributed by atoms with Gasteiger partial charge in [0.15, 0.2) is 5.13 Å². The molecule has 0 bridgehead atoms. The van der Waals surface area contributed by atoms with Gasteiger partial charge in [0.25, 0.3) is 0 Å². The molecule has 1 saturated carbocycles. The van der Waals surface area contributed by atoms with E-state index >= 15 is 0 Å². The second-order valence-corrected chi connectivity index (χ2v) is 8.12.